The molecule has 4 heteroatoms. The number of aliphatic hydroxyl groups excluding tert-OH is 1. The molecular weight excluding hydrogens is 184 g/mol. The van der Waals surface area contributed by atoms with Gasteiger partial charge in [-0.3, -0.25) is 0 Å². The number of allylic oxidation sites excluding steroid dienone is 1. The number of carbonyl (C=O) groups excluding carboxylic acids is 1. The van der Waals surface area contributed by atoms with Crippen LogP contribution in [-0.4, -0.2) is 28.9 Å². The van der Waals surface area contributed by atoms with Gasteiger partial charge in [0.25, 0.3) is 0 Å². The Morgan fingerprint density at radius 2 is 2.43 bits per heavy atom. The molecule has 0 aromatic heterocycles. The van der Waals surface area contributed by atoms with Crippen molar-refractivity contribution in [3.05, 3.63) is 36.1 Å². The predicted octanol–water partition coefficient (Wildman–Crippen LogP) is 0.848. The third-order valence-electron chi connectivity index (χ3n) is 1.89. The molecule has 1 aliphatic rings. The Kier molecular flexibility index (Phi) is 3.09. The van der Waals surface area contributed by atoms with Crippen molar-refractivity contribution in [3.63, 3.8) is 0 Å². The van der Waals surface area contributed by atoms with Gasteiger partial charge in [-0.1, -0.05) is 0 Å². The Labute approximate surface area is 81.8 Å². The molecule has 1 atom stereocenters. The van der Waals surface area contributed by atoms with Crippen LogP contribution in [0.4, 0.5) is 0 Å². The van der Waals surface area contributed by atoms with Crippen LogP contribution in [0.1, 0.15) is 6.42 Å². The summed E-state index contributed by atoms with van der Waals surface area (Å²) in [6.45, 7) is 0. The molecule has 0 bridgehead atoms. The maximum Gasteiger partial charge on any atom is 0.330 e. The van der Waals surface area contributed by atoms with E-state index in [0.29, 0.717) is 0 Å². The van der Waals surface area contributed by atoms with E-state index in [9.17, 15) is 9.90 Å². The molecule has 2 N–H and O–H groups in total. The lowest BCUT2D eigenvalue weighted by Gasteiger charge is -2.21. The Balaban J connectivity index is 2.66. The first kappa shape index (κ1) is 10.5. The molecule has 1 aliphatic carbocycles. The zero-order valence-electron chi connectivity index (χ0n) is 7.80. The number of esters is 1. The monoisotopic (exact) mass is 196 g/mol. The Morgan fingerprint density at radius 1 is 1.71 bits per heavy atom. The number of rotatable bonds is 2. The predicted molar refractivity (Wildman–Crippen MR) is 50.6 cm³/mol. The molecule has 0 spiro atoms. The van der Waals surface area contributed by atoms with Crippen molar-refractivity contribution < 1.29 is 19.7 Å². The van der Waals surface area contributed by atoms with Crippen molar-refractivity contribution in [3.8, 4) is 0 Å². The van der Waals surface area contributed by atoms with Crippen molar-refractivity contribution in [2.24, 2.45) is 0 Å². The van der Waals surface area contributed by atoms with Gasteiger partial charge in [0.2, 0.25) is 0 Å². The van der Waals surface area contributed by atoms with E-state index in [4.69, 9.17) is 5.11 Å². The molecule has 0 aliphatic heterocycles. The molecule has 0 aromatic rings. The van der Waals surface area contributed by atoms with E-state index in [1.807, 2.05) is 0 Å². The molecule has 1 rings (SSSR count). The summed E-state index contributed by atoms with van der Waals surface area (Å²) in [5.74, 6) is -0.410. The van der Waals surface area contributed by atoms with Gasteiger partial charge < -0.3 is 14.9 Å². The van der Waals surface area contributed by atoms with Crippen LogP contribution in [0, 0.1) is 0 Å². The highest BCUT2D eigenvalue weighted by Crippen LogP contribution is 2.21. The number of carbonyl (C=O) groups is 1. The van der Waals surface area contributed by atoms with Gasteiger partial charge in [0.1, 0.15) is 11.4 Å². The maximum atomic E-state index is 10.8. The normalized spacial score (nSPS) is 26.3. The SMILES string of the molecule is COC(=O)C=CC1(O)C=CC(O)=CC1. The number of hydrogen-bond donors (Lipinski definition) is 2. The van der Waals surface area contributed by atoms with Crippen molar-refractivity contribution in [2.75, 3.05) is 7.11 Å². The summed E-state index contributed by atoms with van der Waals surface area (Å²) in [5.41, 5.74) is -1.21. The van der Waals surface area contributed by atoms with Crippen molar-refractivity contribution in [1.29, 1.82) is 0 Å². The van der Waals surface area contributed by atoms with Crippen LogP contribution in [0.5, 0.6) is 0 Å². The van der Waals surface area contributed by atoms with Gasteiger partial charge in [-0.15, -0.1) is 0 Å². The van der Waals surface area contributed by atoms with E-state index in [2.05, 4.69) is 4.74 Å². The molecule has 76 valence electrons. The standard InChI is InChI=1S/C10H12O4/c1-14-9(12)4-7-10(13)5-2-8(11)3-6-10/h2-5,7,11,13H,6H2,1H3. The smallest absolute Gasteiger partial charge is 0.330 e. The maximum absolute atomic E-state index is 10.8. The first-order valence-corrected chi connectivity index (χ1v) is 4.14. The van der Waals surface area contributed by atoms with E-state index in [0.717, 1.165) is 6.08 Å². The van der Waals surface area contributed by atoms with Gasteiger partial charge in [0.15, 0.2) is 0 Å². The lowest BCUT2D eigenvalue weighted by molar-refractivity contribution is -0.134. The lowest BCUT2D eigenvalue weighted by atomic mass is 9.94. The summed E-state index contributed by atoms with van der Waals surface area (Å²) >= 11 is 0. The molecular formula is C10H12O4. The lowest BCUT2D eigenvalue weighted by Crippen LogP contribution is -2.24. The van der Waals surface area contributed by atoms with Gasteiger partial charge in [0.05, 0.1) is 7.11 Å². The van der Waals surface area contributed by atoms with Gasteiger partial charge in [0, 0.05) is 12.5 Å². The number of aliphatic hydroxyl groups is 2. The average Bonchev–Trinajstić information content (AvgIpc) is 2.20. The van der Waals surface area contributed by atoms with E-state index in [-0.39, 0.29) is 12.2 Å². The van der Waals surface area contributed by atoms with E-state index in [1.54, 1.807) is 0 Å². The second kappa shape index (κ2) is 4.11. The molecule has 0 heterocycles. The van der Waals surface area contributed by atoms with E-state index >= 15 is 0 Å². The highest BCUT2D eigenvalue weighted by atomic mass is 16.5. The Hall–Kier alpha value is -1.55. The molecule has 0 saturated heterocycles. The molecule has 0 amide bonds. The van der Waals surface area contributed by atoms with E-state index in [1.165, 1.54) is 31.4 Å². The molecule has 4 nitrogen and oxygen atoms in total. The van der Waals surface area contributed by atoms with Crippen LogP contribution in [0.3, 0.4) is 0 Å². The summed E-state index contributed by atoms with van der Waals surface area (Å²) in [4.78, 5) is 10.8. The van der Waals surface area contributed by atoms with Gasteiger partial charge >= 0.3 is 5.97 Å². The Morgan fingerprint density at radius 3 is 2.93 bits per heavy atom. The minimum Gasteiger partial charge on any atom is -0.508 e. The van der Waals surface area contributed by atoms with Crippen LogP contribution in [0.15, 0.2) is 36.1 Å². The summed E-state index contributed by atoms with van der Waals surface area (Å²) < 4.78 is 4.38. The highest BCUT2D eigenvalue weighted by molar-refractivity contribution is 5.82. The van der Waals surface area contributed by atoms with E-state index < -0.39 is 11.6 Å². The molecule has 14 heavy (non-hydrogen) atoms. The van der Waals surface area contributed by atoms with Crippen molar-refractivity contribution >= 4 is 5.97 Å². The summed E-state index contributed by atoms with van der Waals surface area (Å²) in [5, 5.41) is 18.8. The molecule has 0 radical (unpaired) electrons. The van der Waals surface area contributed by atoms with Crippen LogP contribution in [0.25, 0.3) is 0 Å². The topological polar surface area (TPSA) is 66.8 Å². The minimum absolute atomic E-state index is 0.112. The van der Waals surface area contributed by atoms with Gasteiger partial charge in [-0.2, -0.15) is 0 Å². The fourth-order valence-corrected chi connectivity index (χ4v) is 1.04. The number of ether oxygens (including phenoxy) is 1. The fraction of sp³-hybridized carbons (Fsp3) is 0.300. The second-order valence-corrected chi connectivity index (χ2v) is 3.01. The van der Waals surface area contributed by atoms with Crippen LogP contribution < -0.4 is 0 Å². The third-order valence-corrected chi connectivity index (χ3v) is 1.89. The zero-order chi connectivity index (χ0) is 10.6. The highest BCUT2D eigenvalue weighted by Gasteiger charge is 2.21. The second-order valence-electron chi connectivity index (χ2n) is 3.01. The first-order valence-electron chi connectivity index (χ1n) is 4.14. The van der Waals surface area contributed by atoms with Crippen LogP contribution in [0.2, 0.25) is 0 Å². The molecule has 0 saturated carbocycles. The zero-order valence-corrected chi connectivity index (χ0v) is 7.80. The number of hydrogen-bond acceptors (Lipinski definition) is 4. The summed E-state index contributed by atoms with van der Waals surface area (Å²) in [6, 6.07) is 0. The van der Waals surface area contributed by atoms with Gasteiger partial charge in [-0.05, 0) is 24.3 Å². The molecule has 0 aromatic carbocycles. The summed E-state index contributed by atoms with van der Waals surface area (Å²) in [6.07, 6.45) is 7.00. The van der Waals surface area contributed by atoms with Crippen LogP contribution >= 0.6 is 0 Å². The Bertz CT molecular complexity index is 314. The summed E-state index contributed by atoms with van der Waals surface area (Å²) in [7, 11) is 1.26. The van der Waals surface area contributed by atoms with Crippen LogP contribution in [-0.2, 0) is 9.53 Å². The third kappa shape index (κ3) is 2.74. The number of methoxy groups -OCH3 is 1. The largest absolute Gasteiger partial charge is 0.508 e. The minimum atomic E-state index is -1.21. The quantitative estimate of drug-likeness (QED) is 0.507. The van der Waals surface area contributed by atoms with Crippen molar-refractivity contribution in [2.45, 2.75) is 12.0 Å². The first-order chi connectivity index (χ1) is 6.56. The fourth-order valence-electron chi connectivity index (χ4n) is 1.04. The van der Waals surface area contributed by atoms with Crippen molar-refractivity contribution in [1.82, 2.24) is 0 Å². The molecule has 0 fully saturated rings. The molecule has 1 unspecified atom stereocenters. The van der Waals surface area contributed by atoms with Gasteiger partial charge in [-0.25, -0.2) is 4.79 Å². The average molecular weight is 196 g/mol.